The van der Waals surface area contributed by atoms with E-state index in [4.69, 9.17) is 28.8 Å². The first-order valence-corrected chi connectivity index (χ1v) is 20.3. The van der Waals surface area contributed by atoms with Gasteiger partial charge in [-0.05, 0) is 90.0 Å². The van der Waals surface area contributed by atoms with Gasteiger partial charge in [-0.25, -0.2) is 14.6 Å². The van der Waals surface area contributed by atoms with E-state index in [1.807, 2.05) is 4.68 Å². The van der Waals surface area contributed by atoms with Crippen LogP contribution in [0.15, 0.2) is 4.52 Å². The van der Waals surface area contributed by atoms with Crippen molar-refractivity contribution in [1.29, 1.82) is 0 Å². The van der Waals surface area contributed by atoms with Gasteiger partial charge in [0.2, 0.25) is 5.88 Å². The highest BCUT2D eigenvalue weighted by Gasteiger charge is 2.50. The fourth-order valence-corrected chi connectivity index (χ4v) is 9.28. The van der Waals surface area contributed by atoms with Gasteiger partial charge in [0.1, 0.15) is 17.0 Å². The second-order valence-corrected chi connectivity index (χ2v) is 20.5. The lowest BCUT2D eigenvalue weighted by atomic mass is 9.64. The van der Waals surface area contributed by atoms with E-state index in [1.165, 1.54) is 0 Å². The molecule has 0 bridgehead atoms. The van der Waals surface area contributed by atoms with Crippen molar-refractivity contribution in [3.05, 3.63) is 11.3 Å². The largest absolute Gasteiger partial charge is 0.479 e. The van der Waals surface area contributed by atoms with E-state index >= 15 is 0 Å². The summed E-state index contributed by atoms with van der Waals surface area (Å²) in [4.78, 5) is 26.1. The van der Waals surface area contributed by atoms with Crippen LogP contribution in [0.4, 0.5) is 5.82 Å². The van der Waals surface area contributed by atoms with Crippen LogP contribution in [0, 0.1) is 0 Å². The lowest BCUT2D eigenvalue weighted by Gasteiger charge is -2.36. The molecule has 7 rings (SSSR count). The summed E-state index contributed by atoms with van der Waals surface area (Å²) in [6.07, 6.45) is 9.27. The van der Waals surface area contributed by atoms with Crippen LogP contribution in [0.1, 0.15) is 103 Å². The Morgan fingerprint density at radius 2 is 1.89 bits per heavy atom. The van der Waals surface area contributed by atoms with Gasteiger partial charge in [-0.3, -0.25) is 4.79 Å². The fraction of sp³-hybridized carbons (Fsp3) is 0.735. The summed E-state index contributed by atoms with van der Waals surface area (Å²) in [5.74, 6) is 2.72. The Balaban J connectivity index is 1.32. The number of likely N-dealkylation sites (N-methyl/N-ethyl adjacent to an activating group) is 1. The second kappa shape index (κ2) is 11.4. The smallest absolute Gasteiger partial charge is 0.246 e. The molecule has 3 aromatic rings. The number of ketones is 1. The molecule has 3 aliphatic carbocycles. The molecule has 1 spiro atoms. The molecule has 11 nitrogen and oxygen atoms in total. The molecular weight excluding hydrogens is 599 g/mol. The van der Waals surface area contributed by atoms with Crippen LogP contribution in [0.5, 0.6) is 5.88 Å². The number of carbonyl (C=O) groups excluding carboxylic acids is 1. The van der Waals surface area contributed by atoms with Gasteiger partial charge in [0, 0.05) is 18.0 Å². The number of nitrogens with one attached hydrogen (secondary N) is 1. The van der Waals surface area contributed by atoms with Crippen LogP contribution in [0.25, 0.3) is 22.6 Å². The summed E-state index contributed by atoms with van der Waals surface area (Å²) in [7, 11) is 1.91. The Morgan fingerprint density at radius 3 is 2.59 bits per heavy atom. The number of carbonyl (C=O) groups is 1. The number of methoxy groups -OCH3 is 1. The predicted molar refractivity (Wildman–Crippen MR) is 180 cm³/mol. The molecule has 2 saturated carbocycles. The average Bonchev–Trinajstić information content (AvgIpc) is 3.35. The first-order chi connectivity index (χ1) is 21.8. The Kier molecular flexibility index (Phi) is 7.87. The maximum atomic E-state index is 13.4. The number of hydrogen-bond acceptors (Lipinski definition) is 10. The molecule has 0 unspecified atom stereocenters. The molecule has 0 radical (unpaired) electrons. The lowest BCUT2D eigenvalue weighted by molar-refractivity contribution is -0.128. The van der Waals surface area contributed by atoms with Gasteiger partial charge in [0.15, 0.2) is 31.2 Å². The highest BCUT2D eigenvalue weighted by atomic mass is 28.4. The van der Waals surface area contributed by atoms with Gasteiger partial charge in [-0.15, -0.1) is 5.10 Å². The van der Waals surface area contributed by atoms with Crippen molar-refractivity contribution in [2.75, 3.05) is 26.0 Å². The maximum Gasteiger partial charge on any atom is 0.246 e. The highest BCUT2D eigenvalue weighted by molar-refractivity contribution is 6.74. The number of Topliss-reactive ketones (excluding diaryl/α,β-unsaturated/α-hetero) is 1. The summed E-state index contributed by atoms with van der Waals surface area (Å²) in [5.41, 5.74) is 1.78. The van der Waals surface area contributed by atoms with Crippen molar-refractivity contribution in [3.63, 3.8) is 0 Å². The number of ether oxygens (including phenoxy) is 1. The average molecular weight is 650 g/mol. The monoisotopic (exact) mass is 649 g/mol. The Labute approximate surface area is 273 Å². The maximum absolute atomic E-state index is 13.4. The summed E-state index contributed by atoms with van der Waals surface area (Å²) in [6.45, 7) is 14.7. The van der Waals surface area contributed by atoms with Crippen LogP contribution in [-0.4, -0.2) is 82.8 Å². The summed E-state index contributed by atoms with van der Waals surface area (Å²) in [5, 5.41) is 14.2. The third kappa shape index (κ3) is 5.19. The van der Waals surface area contributed by atoms with Gasteiger partial charge in [0.25, 0.3) is 0 Å². The van der Waals surface area contributed by atoms with Crippen LogP contribution < -0.4 is 10.1 Å². The van der Waals surface area contributed by atoms with E-state index in [2.05, 4.69) is 63.2 Å². The first kappa shape index (κ1) is 31.8. The summed E-state index contributed by atoms with van der Waals surface area (Å²) >= 11 is 0. The number of anilines is 1. The normalized spacial score (nSPS) is 27.7. The van der Waals surface area contributed by atoms with Gasteiger partial charge < -0.3 is 23.9 Å². The summed E-state index contributed by atoms with van der Waals surface area (Å²) < 4.78 is 20.8. The quantitative estimate of drug-likeness (QED) is 0.273. The van der Waals surface area contributed by atoms with Crippen LogP contribution in [-0.2, 0) is 21.1 Å². The van der Waals surface area contributed by atoms with E-state index in [-0.39, 0.29) is 23.2 Å². The van der Waals surface area contributed by atoms with E-state index < -0.39 is 13.7 Å². The van der Waals surface area contributed by atoms with Crippen molar-refractivity contribution in [2.45, 2.75) is 140 Å². The van der Waals surface area contributed by atoms with Crippen molar-refractivity contribution < 1.29 is 18.5 Å². The minimum absolute atomic E-state index is 0.0689. The Hall–Kier alpha value is -2.83. The number of nitrogens with zero attached hydrogens (tertiary/aromatic N) is 6. The van der Waals surface area contributed by atoms with E-state index in [9.17, 15) is 4.79 Å². The molecule has 1 N–H and O–H groups in total. The minimum Gasteiger partial charge on any atom is -0.479 e. The minimum atomic E-state index is -1.93. The topological polar surface area (TPSA) is 120 Å². The Morgan fingerprint density at radius 1 is 1.11 bits per heavy atom. The second-order valence-electron chi connectivity index (χ2n) is 15.8. The zero-order valence-corrected chi connectivity index (χ0v) is 29.9. The van der Waals surface area contributed by atoms with Gasteiger partial charge in [-0.1, -0.05) is 32.3 Å². The molecule has 4 aliphatic rings. The van der Waals surface area contributed by atoms with Gasteiger partial charge >= 0.3 is 0 Å². The molecule has 4 heterocycles. The molecule has 0 aromatic carbocycles. The van der Waals surface area contributed by atoms with Gasteiger partial charge in [-0.2, -0.15) is 0 Å². The number of rotatable bonds is 8. The van der Waals surface area contributed by atoms with Crippen molar-refractivity contribution in [2.24, 2.45) is 0 Å². The highest BCUT2D eigenvalue weighted by Crippen LogP contribution is 2.48. The van der Waals surface area contributed by atoms with E-state index in [0.29, 0.717) is 41.5 Å². The van der Waals surface area contributed by atoms with Crippen molar-refractivity contribution in [1.82, 2.24) is 29.8 Å². The molecule has 5 atom stereocenters. The predicted octanol–water partition coefficient (Wildman–Crippen LogP) is 6.44. The third-order valence-electron chi connectivity index (χ3n) is 11.8. The zero-order valence-electron chi connectivity index (χ0n) is 28.9. The standard InChI is InChI=1S/C34H51N7O4Si/c1-20(23-14-12-18-40(23)5)41-31-26(32(38-41)43-6)29(35-22-19-24(22)45-46(7,8)33(2,3)4)36-30(37-31)27-21-13-11-17-34(28(21)44-39-27)16-10-9-15-25(34)42/h20,22-24H,9-19H2,1-8H3,(H,35,36,37)/t20-,22-,23-,24-,34+/m0/s1. The molecule has 250 valence electrons. The van der Waals surface area contributed by atoms with Crippen LogP contribution in [0.3, 0.4) is 0 Å². The van der Waals surface area contributed by atoms with E-state index in [1.54, 1.807) is 7.11 Å². The molecule has 0 amide bonds. The van der Waals surface area contributed by atoms with E-state index in [0.717, 1.165) is 86.7 Å². The first-order valence-electron chi connectivity index (χ1n) is 17.4. The number of aromatic nitrogens is 5. The van der Waals surface area contributed by atoms with Crippen LogP contribution in [0.2, 0.25) is 18.1 Å². The number of likely N-dealkylation sites (tertiary alicyclic amines) is 1. The molecule has 46 heavy (non-hydrogen) atoms. The van der Waals surface area contributed by atoms with Crippen molar-refractivity contribution in [3.8, 4) is 17.4 Å². The molecule has 1 saturated heterocycles. The lowest BCUT2D eigenvalue weighted by Crippen LogP contribution is -2.42. The molecule has 1 aliphatic heterocycles. The number of fused-ring (bicyclic) bond motifs is 3. The molecule has 12 heteroatoms. The molecule has 3 fully saturated rings. The third-order valence-corrected chi connectivity index (χ3v) is 16.3. The summed E-state index contributed by atoms with van der Waals surface area (Å²) in [6, 6.07) is 0.533. The zero-order chi connectivity index (χ0) is 32.6. The molecular formula is C34H51N7O4Si. The Bertz CT molecular complexity index is 1640. The SMILES string of the molecule is COc1nn([C@@H](C)[C@@H]2CCCN2C)c2nc(-c3noc4c3CCC[C@@]43CCCCC3=O)nc(N[C@H]3C[C@@H]3O[Si](C)(C)C(C)(C)C)c12. The number of hydrogen-bond donors (Lipinski definition) is 1. The fourth-order valence-electron chi connectivity index (χ4n) is 7.91. The molecule has 3 aromatic heterocycles. The van der Waals surface area contributed by atoms with Crippen LogP contribution >= 0.6 is 0 Å². The van der Waals surface area contributed by atoms with Crippen molar-refractivity contribution >= 4 is 31.0 Å². The van der Waals surface area contributed by atoms with Gasteiger partial charge in [0.05, 0.1) is 30.7 Å².